The highest BCUT2D eigenvalue weighted by Crippen LogP contribution is 2.39. The average Bonchev–Trinajstić information content (AvgIpc) is 3.25. The van der Waals surface area contributed by atoms with Gasteiger partial charge in [0.25, 0.3) is 5.91 Å². The van der Waals surface area contributed by atoms with Crippen LogP contribution in [0.1, 0.15) is 34.7 Å². The summed E-state index contributed by atoms with van der Waals surface area (Å²) < 4.78 is 11.1. The molecule has 0 bridgehead atoms. The third-order valence-electron chi connectivity index (χ3n) is 6.61. The van der Waals surface area contributed by atoms with E-state index in [1.54, 1.807) is 19.2 Å². The number of hydrazone groups is 1. The molecule has 176 valence electrons. The summed E-state index contributed by atoms with van der Waals surface area (Å²) in [5, 5.41) is 6.56. The minimum absolute atomic E-state index is 0.0159. The number of nitrogens with zero attached hydrogens (tertiary/aromatic N) is 4. The van der Waals surface area contributed by atoms with Crippen molar-refractivity contribution in [2.24, 2.45) is 5.10 Å². The lowest BCUT2D eigenvalue weighted by Crippen LogP contribution is -2.48. The summed E-state index contributed by atoms with van der Waals surface area (Å²) in [5.41, 5.74) is 5.34. The first-order chi connectivity index (χ1) is 15.9. The number of hydrogen-bond acceptors (Lipinski definition) is 6. The molecule has 33 heavy (non-hydrogen) atoms. The molecule has 1 amide bonds. The van der Waals surface area contributed by atoms with E-state index in [-0.39, 0.29) is 11.9 Å². The molecule has 2 aliphatic heterocycles. The Kier molecular flexibility index (Phi) is 7.00. The summed E-state index contributed by atoms with van der Waals surface area (Å²) >= 11 is 0. The van der Waals surface area contributed by atoms with E-state index in [1.165, 1.54) is 11.1 Å². The molecule has 1 atom stereocenters. The second-order valence-electron chi connectivity index (χ2n) is 9.01. The molecule has 2 aromatic rings. The van der Waals surface area contributed by atoms with Crippen LogP contribution in [0.3, 0.4) is 0 Å². The summed E-state index contributed by atoms with van der Waals surface area (Å²) in [7, 11) is 5.40. The van der Waals surface area contributed by atoms with Crippen LogP contribution in [-0.2, 0) is 4.79 Å². The Morgan fingerprint density at radius 3 is 2.45 bits per heavy atom. The molecule has 2 aliphatic rings. The van der Waals surface area contributed by atoms with Crippen molar-refractivity contribution in [3.63, 3.8) is 0 Å². The van der Waals surface area contributed by atoms with E-state index >= 15 is 0 Å². The molecule has 2 heterocycles. The number of hydrogen-bond donors (Lipinski definition) is 0. The van der Waals surface area contributed by atoms with Crippen LogP contribution in [0.25, 0.3) is 0 Å². The quantitative estimate of drug-likeness (QED) is 0.676. The number of aryl methyl sites for hydroxylation is 2. The number of piperazine rings is 1. The lowest BCUT2D eigenvalue weighted by Gasteiger charge is -2.33. The molecule has 0 aliphatic carbocycles. The zero-order chi connectivity index (χ0) is 23.5. The van der Waals surface area contributed by atoms with Crippen LogP contribution in [0.2, 0.25) is 0 Å². The van der Waals surface area contributed by atoms with Gasteiger partial charge in [0.05, 0.1) is 32.5 Å². The predicted molar refractivity (Wildman–Crippen MR) is 130 cm³/mol. The van der Waals surface area contributed by atoms with Gasteiger partial charge in [-0.3, -0.25) is 9.69 Å². The second kappa shape index (κ2) is 9.93. The molecule has 0 N–H and O–H groups in total. The molecule has 2 aromatic carbocycles. The lowest BCUT2D eigenvalue weighted by atomic mass is 9.94. The fourth-order valence-electron chi connectivity index (χ4n) is 4.65. The maximum Gasteiger partial charge on any atom is 0.257 e. The van der Waals surface area contributed by atoms with Crippen LogP contribution < -0.4 is 9.47 Å². The van der Waals surface area contributed by atoms with Crippen LogP contribution in [0, 0.1) is 13.8 Å². The van der Waals surface area contributed by atoms with Crippen LogP contribution in [0.15, 0.2) is 41.5 Å². The van der Waals surface area contributed by atoms with Gasteiger partial charge in [-0.15, -0.1) is 0 Å². The number of amides is 1. The molecule has 0 spiro atoms. The Morgan fingerprint density at radius 2 is 1.79 bits per heavy atom. The van der Waals surface area contributed by atoms with Gasteiger partial charge in [0.2, 0.25) is 0 Å². The smallest absolute Gasteiger partial charge is 0.257 e. The number of carbonyl (C=O) groups excluding carboxylic acids is 1. The van der Waals surface area contributed by atoms with E-state index in [9.17, 15) is 4.79 Å². The fourth-order valence-corrected chi connectivity index (χ4v) is 4.65. The number of methoxy groups -OCH3 is 2. The largest absolute Gasteiger partial charge is 0.497 e. The minimum Gasteiger partial charge on any atom is -0.497 e. The molecule has 1 fully saturated rings. The summed E-state index contributed by atoms with van der Waals surface area (Å²) in [6, 6.07) is 11.9. The molecule has 7 heteroatoms. The van der Waals surface area contributed by atoms with Crippen molar-refractivity contribution in [3.8, 4) is 11.5 Å². The van der Waals surface area contributed by atoms with Crippen LogP contribution in [0.5, 0.6) is 11.5 Å². The monoisotopic (exact) mass is 450 g/mol. The zero-order valence-corrected chi connectivity index (χ0v) is 20.3. The number of benzene rings is 2. The zero-order valence-electron chi connectivity index (χ0n) is 20.3. The van der Waals surface area contributed by atoms with Crippen molar-refractivity contribution in [2.75, 3.05) is 54.0 Å². The van der Waals surface area contributed by atoms with E-state index in [1.807, 2.05) is 18.2 Å². The van der Waals surface area contributed by atoms with Crippen LogP contribution >= 0.6 is 0 Å². The first kappa shape index (κ1) is 23.3. The molecule has 7 nitrogen and oxygen atoms in total. The average molecular weight is 451 g/mol. The first-order valence-electron chi connectivity index (χ1n) is 11.5. The highest BCUT2D eigenvalue weighted by atomic mass is 16.5. The molecule has 1 saturated heterocycles. The van der Waals surface area contributed by atoms with Crippen molar-refractivity contribution >= 4 is 11.6 Å². The van der Waals surface area contributed by atoms with Gasteiger partial charge in [-0.1, -0.05) is 23.8 Å². The van der Waals surface area contributed by atoms with Gasteiger partial charge in [0, 0.05) is 49.8 Å². The Morgan fingerprint density at radius 1 is 1.03 bits per heavy atom. The van der Waals surface area contributed by atoms with Gasteiger partial charge in [0.15, 0.2) is 0 Å². The molecule has 4 rings (SSSR count). The molecule has 0 radical (unpaired) electrons. The Labute approximate surface area is 196 Å². The third-order valence-corrected chi connectivity index (χ3v) is 6.61. The standard InChI is InChI=1S/C26H34N4O3/c1-18-6-8-21(19(2)14-18)23-16-24(22-9-7-20(32-4)15-25(22)33-5)30(27-23)26(31)17-29-12-10-28(3)11-13-29/h6-9,14-15,24H,10-13,16-17H2,1-5H3. The molecular formula is C26H34N4O3. The highest BCUT2D eigenvalue weighted by Gasteiger charge is 2.36. The van der Waals surface area contributed by atoms with E-state index in [0.717, 1.165) is 48.8 Å². The highest BCUT2D eigenvalue weighted by molar-refractivity contribution is 6.04. The number of likely N-dealkylation sites (N-methyl/N-ethyl adjacent to an activating group) is 1. The molecule has 0 saturated carbocycles. The van der Waals surface area contributed by atoms with Gasteiger partial charge < -0.3 is 14.4 Å². The number of ether oxygens (including phenoxy) is 2. The second-order valence-corrected chi connectivity index (χ2v) is 9.01. The Balaban J connectivity index is 1.66. The van der Waals surface area contributed by atoms with E-state index in [0.29, 0.717) is 18.7 Å². The van der Waals surface area contributed by atoms with Crippen molar-refractivity contribution in [2.45, 2.75) is 26.3 Å². The van der Waals surface area contributed by atoms with Gasteiger partial charge in [-0.25, -0.2) is 5.01 Å². The van der Waals surface area contributed by atoms with Gasteiger partial charge in [-0.05, 0) is 38.6 Å². The lowest BCUT2D eigenvalue weighted by molar-refractivity contribution is -0.134. The Bertz CT molecular complexity index is 1040. The molecule has 0 aromatic heterocycles. The maximum atomic E-state index is 13.5. The van der Waals surface area contributed by atoms with Gasteiger partial charge in [-0.2, -0.15) is 5.10 Å². The predicted octanol–water partition coefficient (Wildman–Crippen LogP) is 3.25. The van der Waals surface area contributed by atoms with Gasteiger partial charge >= 0.3 is 0 Å². The number of rotatable bonds is 6. The maximum absolute atomic E-state index is 13.5. The summed E-state index contributed by atoms with van der Waals surface area (Å²) in [5.74, 6) is 1.44. The topological polar surface area (TPSA) is 57.6 Å². The summed E-state index contributed by atoms with van der Waals surface area (Å²) in [6.07, 6.45) is 0.640. The summed E-state index contributed by atoms with van der Waals surface area (Å²) in [6.45, 7) is 8.28. The van der Waals surface area contributed by atoms with E-state index in [2.05, 4.69) is 48.9 Å². The first-order valence-corrected chi connectivity index (χ1v) is 11.5. The van der Waals surface area contributed by atoms with E-state index in [4.69, 9.17) is 14.6 Å². The normalized spacial score (nSPS) is 19.5. The van der Waals surface area contributed by atoms with Crippen molar-refractivity contribution < 1.29 is 14.3 Å². The van der Waals surface area contributed by atoms with Crippen molar-refractivity contribution in [1.29, 1.82) is 0 Å². The van der Waals surface area contributed by atoms with Gasteiger partial charge in [0.1, 0.15) is 11.5 Å². The molecule has 1 unspecified atom stereocenters. The van der Waals surface area contributed by atoms with Crippen molar-refractivity contribution in [3.05, 3.63) is 58.7 Å². The minimum atomic E-state index is -0.221. The fraction of sp³-hybridized carbons (Fsp3) is 0.462. The SMILES string of the molecule is COc1ccc(C2CC(c3ccc(C)cc3C)=NN2C(=O)CN2CCN(C)CC2)c(OC)c1. The number of carbonyl (C=O) groups is 1. The van der Waals surface area contributed by atoms with Crippen LogP contribution in [-0.4, -0.2) is 80.4 Å². The van der Waals surface area contributed by atoms with E-state index < -0.39 is 0 Å². The third kappa shape index (κ3) is 5.04. The van der Waals surface area contributed by atoms with Crippen molar-refractivity contribution in [1.82, 2.24) is 14.8 Å². The molecular weight excluding hydrogens is 416 g/mol. The van der Waals surface area contributed by atoms with Crippen LogP contribution in [0.4, 0.5) is 0 Å². The Hall–Kier alpha value is -2.90. The summed E-state index contributed by atoms with van der Waals surface area (Å²) in [4.78, 5) is 18.0.